The first kappa shape index (κ1) is 17.9. The van der Waals surface area contributed by atoms with E-state index in [1.54, 1.807) is 0 Å². The maximum Gasteiger partial charge on any atom is 0.309 e. The zero-order chi connectivity index (χ0) is 18.2. The quantitative estimate of drug-likeness (QED) is 0.769. The Balaban J connectivity index is 1.58. The molecule has 1 amide bonds. The molecule has 0 saturated heterocycles. The molecule has 2 fully saturated rings. The number of hydrogen-bond donors (Lipinski definition) is 2. The Hall–Kier alpha value is -1.93. The number of anilines is 1. The van der Waals surface area contributed by atoms with Crippen molar-refractivity contribution < 1.29 is 22.7 Å². The molecule has 0 aromatic heterocycles. The summed E-state index contributed by atoms with van der Waals surface area (Å²) in [5.41, 5.74) is 0.277. The van der Waals surface area contributed by atoms with E-state index in [1.807, 2.05) is 0 Å². The molecule has 0 aliphatic heterocycles. The molecule has 4 atom stereocenters. The number of primary sulfonamides is 1. The van der Waals surface area contributed by atoms with Crippen LogP contribution in [0.25, 0.3) is 0 Å². The molecule has 3 rings (SSSR count). The molecule has 25 heavy (non-hydrogen) atoms. The van der Waals surface area contributed by atoms with Gasteiger partial charge in [0.15, 0.2) is 6.10 Å². The number of benzene rings is 1. The van der Waals surface area contributed by atoms with Gasteiger partial charge in [0.25, 0.3) is 5.91 Å². The highest BCUT2D eigenvalue weighted by molar-refractivity contribution is 7.89. The first-order valence-corrected chi connectivity index (χ1v) is 9.93. The molecular formula is C17H22N2O5S. The van der Waals surface area contributed by atoms with E-state index in [9.17, 15) is 18.0 Å². The standard InChI is InChI=1S/C17H22N2O5S/c1-10(24-17(21)15-8-11-5-6-12(15)7-11)16(20)19-13-3-2-4-14(9-13)25(18,22)23/h2-4,9-12,15H,5-8H2,1H3,(H,19,20)(H2,18,22,23)/t10-,11+,12+,15-/m1/s1. The highest BCUT2D eigenvalue weighted by atomic mass is 32.2. The summed E-state index contributed by atoms with van der Waals surface area (Å²) in [4.78, 5) is 24.4. The van der Waals surface area contributed by atoms with Crippen LogP contribution in [0.15, 0.2) is 29.2 Å². The highest BCUT2D eigenvalue weighted by Gasteiger charge is 2.44. The molecule has 3 N–H and O–H groups in total. The molecular weight excluding hydrogens is 344 g/mol. The van der Waals surface area contributed by atoms with Gasteiger partial charge in [0.2, 0.25) is 10.0 Å². The Bertz CT molecular complexity index is 792. The Morgan fingerprint density at radius 1 is 1.28 bits per heavy atom. The number of fused-ring (bicyclic) bond motifs is 2. The summed E-state index contributed by atoms with van der Waals surface area (Å²) in [6, 6.07) is 5.61. The van der Waals surface area contributed by atoms with Gasteiger partial charge in [-0.2, -0.15) is 0 Å². The predicted octanol–water partition coefficient (Wildman–Crippen LogP) is 1.64. The van der Waals surface area contributed by atoms with Crippen LogP contribution in [-0.2, 0) is 24.3 Å². The van der Waals surface area contributed by atoms with Crippen molar-refractivity contribution >= 4 is 27.6 Å². The van der Waals surface area contributed by atoms with Crippen molar-refractivity contribution in [3.8, 4) is 0 Å². The van der Waals surface area contributed by atoms with Crippen molar-refractivity contribution in [2.75, 3.05) is 5.32 Å². The molecule has 7 nitrogen and oxygen atoms in total. The molecule has 8 heteroatoms. The molecule has 0 heterocycles. The summed E-state index contributed by atoms with van der Waals surface area (Å²) in [6.07, 6.45) is 3.23. The Morgan fingerprint density at radius 2 is 2.04 bits per heavy atom. The number of hydrogen-bond acceptors (Lipinski definition) is 5. The lowest BCUT2D eigenvalue weighted by Gasteiger charge is -2.22. The second-order valence-electron chi connectivity index (χ2n) is 6.92. The van der Waals surface area contributed by atoms with Gasteiger partial charge >= 0.3 is 5.97 Å². The van der Waals surface area contributed by atoms with Crippen LogP contribution < -0.4 is 10.5 Å². The topological polar surface area (TPSA) is 116 Å². The van der Waals surface area contributed by atoms with Crippen LogP contribution >= 0.6 is 0 Å². The summed E-state index contributed by atoms with van der Waals surface area (Å²) >= 11 is 0. The molecule has 0 unspecified atom stereocenters. The molecule has 0 spiro atoms. The smallest absolute Gasteiger partial charge is 0.309 e. The number of amides is 1. The molecule has 2 aliphatic carbocycles. The SMILES string of the molecule is C[C@@H](OC(=O)[C@@H]1C[C@H]2CC[C@H]1C2)C(=O)Nc1cccc(S(N)(=O)=O)c1. The van der Waals surface area contributed by atoms with E-state index in [-0.39, 0.29) is 22.5 Å². The van der Waals surface area contributed by atoms with Crippen molar-refractivity contribution in [2.24, 2.45) is 22.9 Å². The fourth-order valence-electron chi connectivity index (χ4n) is 3.84. The van der Waals surface area contributed by atoms with E-state index in [0.29, 0.717) is 11.8 Å². The molecule has 2 aliphatic rings. The van der Waals surface area contributed by atoms with E-state index < -0.39 is 22.0 Å². The third kappa shape index (κ3) is 4.01. The van der Waals surface area contributed by atoms with E-state index in [0.717, 1.165) is 19.3 Å². The van der Waals surface area contributed by atoms with Crippen LogP contribution in [0, 0.1) is 17.8 Å². The number of nitrogens with one attached hydrogen (secondary N) is 1. The zero-order valence-electron chi connectivity index (χ0n) is 14.0. The van der Waals surface area contributed by atoms with Gasteiger partial charge in [-0.1, -0.05) is 12.5 Å². The molecule has 2 bridgehead atoms. The van der Waals surface area contributed by atoms with Crippen molar-refractivity contribution in [1.82, 2.24) is 0 Å². The fraction of sp³-hybridized carbons (Fsp3) is 0.529. The second-order valence-corrected chi connectivity index (χ2v) is 8.48. The fourth-order valence-corrected chi connectivity index (χ4v) is 4.40. The van der Waals surface area contributed by atoms with Crippen LogP contribution in [0.1, 0.15) is 32.6 Å². The van der Waals surface area contributed by atoms with Crippen molar-refractivity contribution in [2.45, 2.75) is 43.6 Å². The van der Waals surface area contributed by atoms with Gasteiger partial charge in [0.1, 0.15) is 0 Å². The Kier molecular flexibility index (Phi) is 4.83. The molecule has 1 aromatic carbocycles. The number of sulfonamides is 1. The lowest BCUT2D eigenvalue weighted by molar-refractivity contribution is -0.158. The number of carbonyl (C=O) groups excluding carboxylic acids is 2. The normalized spacial score (nSPS) is 26.2. The minimum absolute atomic E-state index is 0.0975. The number of rotatable bonds is 5. The minimum Gasteiger partial charge on any atom is -0.452 e. The maximum atomic E-state index is 12.3. The van der Waals surface area contributed by atoms with Crippen molar-refractivity contribution in [3.63, 3.8) is 0 Å². The molecule has 136 valence electrons. The van der Waals surface area contributed by atoms with Gasteiger partial charge in [-0.3, -0.25) is 9.59 Å². The number of carbonyl (C=O) groups is 2. The third-order valence-corrected chi connectivity index (χ3v) is 6.04. The lowest BCUT2D eigenvalue weighted by Crippen LogP contribution is -2.33. The minimum atomic E-state index is -3.85. The summed E-state index contributed by atoms with van der Waals surface area (Å²) < 4.78 is 28.0. The number of nitrogens with two attached hydrogens (primary N) is 1. The van der Waals surface area contributed by atoms with E-state index in [2.05, 4.69) is 5.32 Å². The van der Waals surface area contributed by atoms with Crippen LogP contribution in [0.2, 0.25) is 0 Å². The average molecular weight is 366 g/mol. The Labute approximate surface area is 147 Å². The summed E-state index contributed by atoms with van der Waals surface area (Å²) in [6.45, 7) is 1.50. The van der Waals surface area contributed by atoms with Crippen LogP contribution in [0.5, 0.6) is 0 Å². The summed E-state index contributed by atoms with van der Waals surface area (Å²) in [5, 5.41) is 7.62. The van der Waals surface area contributed by atoms with Gasteiger partial charge in [-0.25, -0.2) is 13.6 Å². The van der Waals surface area contributed by atoms with Crippen LogP contribution in [-0.4, -0.2) is 26.4 Å². The van der Waals surface area contributed by atoms with E-state index in [1.165, 1.54) is 37.6 Å². The first-order valence-electron chi connectivity index (χ1n) is 8.38. The van der Waals surface area contributed by atoms with E-state index in [4.69, 9.17) is 9.88 Å². The van der Waals surface area contributed by atoms with Gasteiger partial charge in [-0.05, 0) is 56.2 Å². The van der Waals surface area contributed by atoms with Gasteiger partial charge in [0.05, 0.1) is 10.8 Å². The highest BCUT2D eigenvalue weighted by Crippen LogP contribution is 2.48. The number of esters is 1. The first-order chi connectivity index (χ1) is 11.7. The van der Waals surface area contributed by atoms with Crippen molar-refractivity contribution in [1.29, 1.82) is 0 Å². The average Bonchev–Trinajstić information content (AvgIpc) is 3.17. The van der Waals surface area contributed by atoms with Crippen molar-refractivity contribution in [3.05, 3.63) is 24.3 Å². The largest absolute Gasteiger partial charge is 0.452 e. The maximum absolute atomic E-state index is 12.3. The predicted molar refractivity (Wildman–Crippen MR) is 90.9 cm³/mol. The van der Waals surface area contributed by atoms with Gasteiger partial charge < -0.3 is 10.1 Å². The summed E-state index contributed by atoms with van der Waals surface area (Å²) in [7, 11) is -3.85. The monoisotopic (exact) mass is 366 g/mol. The lowest BCUT2D eigenvalue weighted by atomic mass is 9.89. The number of ether oxygens (including phenoxy) is 1. The summed E-state index contributed by atoms with van der Waals surface area (Å²) in [5.74, 6) is 0.0859. The Morgan fingerprint density at radius 3 is 2.64 bits per heavy atom. The molecule has 0 radical (unpaired) electrons. The second kappa shape index (κ2) is 6.76. The van der Waals surface area contributed by atoms with E-state index >= 15 is 0 Å². The van der Waals surface area contributed by atoms with Gasteiger partial charge in [0, 0.05) is 5.69 Å². The zero-order valence-corrected chi connectivity index (χ0v) is 14.8. The van der Waals surface area contributed by atoms with Gasteiger partial charge in [-0.15, -0.1) is 0 Å². The van der Waals surface area contributed by atoms with Crippen LogP contribution in [0.3, 0.4) is 0 Å². The third-order valence-electron chi connectivity index (χ3n) is 5.13. The molecule has 2 saturated carbocycles. The molecule has 1 aromatic rings. The van der Waals surface area contributed by atoms with Crippen LogP contribution in [0.4, 0.5) is 5.69 Å².